The molecule has 0 radical (unpaired) electrons. The van der Waals surface area contributed by atoms with Crippen LogP contribution in [-0.4, -0.2) is 94.6 Å². The van der Waals surface area contributed by atoms with E-state index in [4.69, 9.17) is 28.9 Å². The van der Waals surface area contributed by atoms with Crippen LogP contribution >= 0.6 is 34.5 Å². The largest absolute Gasteiger partial charge is 0.375 e. The summed E-state index contributed by atoms with van der Waals surface area (Å²) in [5.41, 5.74) is 10.0. The predicted molar refractivity (Wildman–Crippen MR) is 190 cm³/mol. The molecule has 0 spiro atoms. The van der Waals surface area contributed by atoms with Crippen LogP contribution in [0.15, 0.2) is 60.7 Å². The second-order valence-electron chi connectivity index (χ2n) is 12.4. The molecule has 2 atom stereocenters. The number of tetrazole rings is 1. The van der Waals surface area contributed by atoms with Crippen molar-refractivity contribution in [2.75, 3.05) is 18.8 Å². The first-order chi connectivity index (χ1) is 24.1. The van der Waals surface area contributed by atoms with Gasteiger partial charge >= 0.3 is 6.03 Å². The zero-order valence-corrected chi connectivity index (χ0v) is 29.4. The minimum absolute atomic E-state index is 0.0731. The van der Waals surface area contributed by atoms with E-state index in [1.165, 1.54) is 11.3 Å². The summed E-state index contributed by atoms with van der Waals surface area (Å²) in [6, 6.07) is 17.0. The highest BCUT2D eigenvalue weighted by Crippen LogP contribution is 2.33. The first-order valence-electron chi connectivity index (χ1n) is 15.9. The molecule has 0 saturated carbocycles. The maximum atomic E-state index is 14.4. The Morgan fingerprint density at radius 3 is 2.60 bits per heavy atom. The number of aromatic amines is 1. The molecule has 2 aromatic heterocycles. The van der Waals surface area contributed by atoms with Crippen molar-refractivity contribution in [1.82, 2.24) is 50.7 Å². The molecule has 4 heterocycles. The lowest BCUT2D eigenvalue weighted by Gasteiger charge is -2.47. The number of nitrogen functional groups attached to an aromatic ring is 1. The number of halogens is 2. The van der Waals surface area contributed by atoms with E-state index < -0.39 is 12.2 Å². The second-order valence-corrected chi connectivity index (χ2v) is 14.3. The number of piperazine rings is 1. The Balaban J connectivity index is 1.19. The molecule has 2 saturated heterocycles. The molecule has 2 aliphatic heterocycles. The molecule has 0 unspecified atom stereocenters. The number of urea groups is 1. The van der Waals surface area contributed by atoms with Crippen LogP contribution in [0.4, 0.5) is 9.93 Å². The third kappa shape index (κ3) is 6.56. The number of nitrogens with two attached hydrogens (primary N) is 1. The van der Waals surface area contributed by atoms with Crippen LogP contribution in [0.5, 0.6) is 0 Å². The van der Waals surface area contributed by atoms with E-state index in [2.05, 4.69) is 30.9 Å². The number of carbonyl (C=O) groups is 3. The number of nitrogens with one attached hydrogen (secondary N) is 2. The topological polar surface area (TPSA) is 170 Å². The smallest absolute Gasteiger partial charge is 0.332 e. The molecule has 2 fully saturated rings. The number of thiazole rings is 1. The summed E-state index contributed by atoms with van der Waals surface area (Å²) in [5.74, 6) is 0.0833. The molecule has 4 amide bonds. The van der Waals surface area contributed by atoms with E-state index in [0.717, 1.165) is 32.5 Å². The summed E-state index contributed by atoms with van der Waals surface area (Å²) in [4.78, 5) is 50.0. The highest BCUT2D eigenvalue weighted by molar-refractivity contribution is 7.22. The summed E-state index contributed by atoms with van der Waals surface area (Å²) in [7, 11) is 0. The van der Waals surface area contributed by atoms with Crippen LogP contribution in [0.2, 0.25) is 10.0 Å². The maximum Gasteiger partial charge on any atom is 0.332 e. The Labute approximate surface area is 301 Å². The van der Waals surface area contributed by atoms with Gasteiger partial charge in [-0.2, -0.15) is 5.01 Å². The van der Waals surface area contributed by atoms with Gasteiger partial charge in [-0.3, -0.25) is 14.6 Å². The number of rotatable bonds is 9. The number of para-hydroxylation sites is 1. The van der Waals surface area contributed by atoms with Crippen LogP contribution in [-0.2, 0) is 29.1 Å². The van der Waals surface area contributed by atoms with Crippen molar-refractivity contribution in [3.8, 4) is 11.4 Å². The van der Waals surface area contributed by atoms with Gasteiger partial charge < -0.3 is 20.9 Å². The zero-order valence-electron chi connectivity index (χ0n) is 27.1. The molecule has 17 heteroatoms. The van der Waals surface area contributed by atoms with E-state index in [-0.39, 0.29) is 56.5 Å². The van der Waals surface area contributed by atoms with Gasteiger partial charge in [-0.25, -0.2) is 14.9 Å². The highest BCUT2D eigenvalue weighted by Gasteiger charge is 2.52. The fraction of sp³-hybridized carbons (Fsp3) is 0.303. The first kappa shape index (κ1) is 33.7. The van der Waals surface area contributed by atoms with Gasteiger partial charge in [-0.05, 0) is 59.2 Å². The molecule has 5 aromatic rings. The number of anilines is 1. The highest BCUT2D eigenvalue weighted by atomic mass is 35.5. The summed E-state index contributed by atoms with van der Waals surface area (Å²) in [6.07, 6.45) is -0.345. The summed E-state index contributed by atoms with van der Waals surface area (Å²) in [6.45, 7) is 4.32. The molecule has 4 N–H and O–H groups in total. The van der Waals surface area contributed by atoms with Crippen molar-refractivity contribution < 1.29 is 14.4 Å². The van der Waals surface area contributed by atoms with Gasteiger partial charge in [-0.1, -0.05) is 77.0 Å². The summed E-state index contributed by atoms with van der Waals surface area (Å²) < 4.78 is 0.923. The average Bonchev–Trinajstić information content (AvgIpc) is 3.83. The number of aromatic nitrogens is 5. The van der Waals surface area contributed by atoms with Crippen LogP contribution in [0.25, 0.3) is 21.6 Å². The van der Waals surface area contributed by atoms with E-state index >= 15 is 0 Å². The molecule has 258 valence electrons. The Hall–Kier alpha value is -4.83. The Bertz CT molecular complexity index is 2060. The Morgan fingerprint density at radius 1 is 1.10 bits per heavy atom. The van der Waals surface area contributed by atoms with Gasteiger partial charge in [0.25, 0.3) is 0 Å². The van der Waals surface area contributed by atoms with Gasteiger partial charge in [0.15, 0.2) is 11.0 Å². The first-order valence-corrected chi connectivity index (χ1v) is 17.5. The van der Waals surface area contributed by atoms with Crippen molar-refractivity contribution in [2.45, 2.75) is 51.6 Å². The fourth-order valence-corrected chi connectivity index (χ4v) is 7.68. The fourth-order valence-electron chi connectivity index (χ4n) is 6.58. The lowest BCUT2D eigenvalue weighted by Crippen LogP contribution is -2.66. The third-order valence-electron chi connectivity index (χ3n) is 8.85. The number of carbonyl (C=O) groups excluding carboxylic acids is 3. The number of amides is 4. The van der Waals surface area contributed by atoms with Crippen molar-refractivity contribution in [3.63, 3.8) is 0 Å². The van der Waals surface area contributed by atoms with Gasteiger partial charge in [-0.15, -0.1) is 5.10 Å². The molecular weight excluding hydrogens is 701 g/mol. The van der Waals surface area contributed by atoms with Crippen molar-refractivity contribution >= 4 is 67.7 Å². The number of H-pyrrole nitrogens is 1. The quantitative estimate of drug-likeness (QED) is 0.200. The van der Waals surface area contributed by atoms with E-state index in [0.29, 0.717) is 21.0 Å². The molecule has 7 rings (SSSR count). The second kappa shape index (κ2) is 13.8. The number of nitrogens with zero attached hydrogens (tertiary/aromatic N) is 8. The molecule has 14 nitrogen and oxygen atoms in total. The van der Waals surface area contributed by atoms with Crippen molar-refractivity contribution in [3.05, 3.63) is 87.4 Å². The normalized spacial score (nSPS) is 17.9. The third-order valence-corrected chi connectivity index (χ3v) is 10.4. The van der Waals surface area contributed by atoms with Gasteiger partial charge in [0.1, 0.15) is 12.2 Å². The molecule has 0 bridgehead atoms. The van der Waals surface area contributed by atoms with Crippen molar-refractivity contribution in [2.24, 2.45) is 0 Å². The van der Waals surface area contributed by atoms with E-state index in [9.17, 15) is 14.4 Å². The van der Waals surface area contributed by atoms with Crippen molar-refractivity contribution in [1.29, 1.82) is 0 Å². The van der Waals surface area contributed by atoms with Gasteiger partial charge in [0, 0.05) is 31.1 Å². The Kier molecular flexibility index (Phi) is 9.30. The summed E-state index contributed by atoms with van der Waals surface area (Å²) >= 11 is 13.7. The lowest BCUT2D eigenvalue weighted by molar-refractivity contribution is -0.158. The monoisotopic (exact) mass is 733 g/mol. The average molecular weight is 735 g/mol. The number of fused-ring (bicyclic) bond motifs is 2. The maximum absolute atomic E-state index is 14.4. The minimum Gasteiger partial charge on any atom is -0.375 e. The Morgan fingerprint density at radius 2 is 1.88 bits per heavy atom. The summed E-state index contributed by atoms with van der Waals surface area (Å²) in [5, 5.41) is 21.5. The van der Waals surface area contributed by atoms with Crippen LogP contribution in [0.1, 0.15) is 30.5 Å². The minimum atomic E-state index is -0.822. The molecule has 3 aromatic carbocycles. The van der Waals surface area contributed by atoms with Gasteiger partial charge in [0.05, 0.1) is 33.4 Å². The van der Waals surface area contributed by atoms with Crippen LogP contribution in [0.3, 0.4) is 0 Å². The van der Waals surface area contributed by atoms with E-state index in [1.807, 2.05) is 56.3 Å². The number of hydrogen-bond donors (Lipinski definition) is 3. The SMILES string of the molecule is CC(C)N(C(=O)NCc1ccc(Cl)c(Cl)c1)N1CC(=O)N2[C@@H](Cc3ccc(-c4nnn[nH]4)cc3)C(=O)N(Cc3cccc4sc(N)nc34)C[C@@H]21. The number of hydrazine groups is 1. The number of benzene rings is 3. The molecular formula is C33H33Cl2N11O3S. The lowest BCUT2D eigenvalue weighted by atomic mass is 9.99. The standard InChI is InChI=1S/C33H33Cl2N11O3S/c1-18(2)46(33(49)37-14-20-8-11-23(34)24(35)12-20)44-17-28(47)45-25(13-19-6-9-21(10-7-19)30-39-41-42-40-30)31(48)43(16-27(44)45)15-22-4-3-5-26-29(22)38-32(36)50-26/h3-12,18,25,27H,13-17H2,1-2H3,(H2,36,38)(H,37,49)(H,39,40,41,42)/t25-,27+/m0/s1. The van der Waals surface area contributed by atoms with Gasteiger partial charge in [0.2, 0.25) is 11.8 Å². The molecule has 50 heavy (non-hydrogen) atoms. The zero-order chi connectivity index (χ0) is 35.1. The molecule has 2 aliphatic rings. The number of hydrogen-bond acceptors (Lipinski definition) is 10. The van der Waals surface area contributed by atoms with E-state index in [1.54, 1.807) is 38.0 Å². The molecule has 0 aliphatic carbocycles. The van der Waals surface area contributed by atoms with Crippen LogP contribution in [0, 0.1) is 0 Å². The van der Waals surface area contributed by atoms with Crippen LogP contribution < -0.4 is 11.1 Å². The predicted octanol–water partition coefficient (Wildman–Crippen LogP) is 4.32.